The number of amides is 1. The molecule has 0 aliphatic carbocycles. The van der Waals surface area contributed by atoms with E-state index in [0.717, 1.165) is 25.9 Å². The number of rotatable bonds is 5. The number of nitrogens with one attached hydrogen (secondary N) is 1. The molecule has 1 heterocycles. The summed E-state index contributed by atoms with van der Waals surface area (Å²) in [7, 11) is 0. The van der Waals surface area contributed by atoms with Crippen molar-refractivity contribution in [3.63, 3.8) is 0 Å². The fourth-order valence-corrected chi connectivity index (χ4v) is 2.26. The van der Waals surface area contributed by atoms with Crippen molar-refractivity contribution in [3.8, 4) is 0 Å². The average molecular weight is 277 g/mol. The van der Waals surface area contributed by atoms with Crippen LogP contribution in [0.3, 0.4) is 0 Å². The Morgan fingerprint density at radius 1 is 1.35 bits per heavy atom. The summed E-state index contributed by atoms with van der Waals surface area (Å²) in [4.78, 5) is 22.7. The Morgan fingerprint density at radius 3 is 2.90 bits per heavy atom. The van der Waals surface area contributed by atoms with Gasteiger partial charge < -0.3 is 15.2 Å². The highest BCUT2D eigenvalue weighted by Crippen LogP contribution is 2.11. The molecule has 1 saturated heterocycles. The second-order valence-electron chi connectivity index (χ2n) is 4.97. The van der Waals surface area contributed by atoms with Gasteiger partial charge in [0.25, 0.3) is 0 Å². The van der Waals surface area contributed by atoms with Crippen LogP contribution < -0.4 is 5.32 Å². The molecule has 2 rings (SSSR count). The molecule has 0 saturated carbocycles. The monoisotopic (exact) mass is 277 g/mol. The van der Waals surface area contributed by atoms with Crippen LogP contribution in [-0.2, 0) is 16.0 Å². The van der Waals surface area contributed by atoms with Gasteiger partial charge in [-0.15, -0.1) is 0 Å². The zero-order chi connectivity index (χ0) is 14.4. The Morgan fingerprint density at radius 2 is 2.20 bits per heavy atom. The van der Waals surface area contributed by atoms with E-state index in [1.165, 1.54) is 12.1 Å². The first-order valence-corrected chi connectivity index (χ1v) is 6.85. The van der Waals surface area contributed by atoms with Crippen LogP contribution in [0.5, 0.6) is 0 Å². The molecule has 1 fully saturated rings. The number of hydrogen-bond donors (Lipinski definition) is 2. The quantitative estimate of drug-likeness (QED) is 0.857. The number of carbonyl (C=O) groups is 2. The molecule has 108 valence electrons. The fourth-order valence-electron chi connectivity index (χ4n) is 2.26. The lowest BCUT2D eigenvalue weighted by Crippen LogP contribution is -2.36. The molecule has 1 aliphatic rings. The third kappa shape index (κ3) is 4.35. The van der Waals surface area contributed by atoms with Crippen LogP contribution in [0.15, 0.2) is 24.3 Å². The van der Waals surface area contributed by atoms with Gasteiger partial charge >= 0.3 is 5.97 Å². The summed E-state index contributed by atoms with van der Waals surface area (Å²) in [6.07, 6.45) is 3.51. The van der Waals surface area contributed by atoms with Crippen LogP contribution in [0.2, 0.25) is 0 Å². The number of carboxylic acids is 1. The van der Waals surface area contributed by atoms with Gasteiger partial charge in [0.15, 0.2) is 0 Å². The molecule has 5 nitrogen and oxygen atoms in total. The molecule has 1 atom stereocenters. The maximum Gasteiger partial charge on any atom is 0.335 e. The highest BCUT2D eigenvalue weighted by Gasteiger charge is 2.15. The zero-order valence-electron chi connectivity index (χ0n) is 11.3. The first-order valence-electron chi connectivity index (χ1n) is 6.85. The minimum atomic E-state index is -0.983. The SMILES string of the molecule is O=C(Cc1cccc(C(=O)O)c1)NCC1CCCCO1. The third-order valence-corrected chi connectivity index (χ3v) is 3.34. The highest BCUT2D eigenvalue weighted by atomic mass is 16.5. The number of carbonyl (C=O) groups excluding carboxylic acids is 1. The fraction of sp³-hybridized carbons (Fsp3) is 0.467. The van der Waals surface area contributed by atoms with E-state index in [-0.39, 0.29) is 24.0 Å². The molecular formula is C15H19NO4. The van der Waals surface area contributed by atoms with Crippen molar-refractivity contribution in [1.29, 1.82) is 0 Å². The van der Waals surface area contributed by atoms with Gasteiger partial charge in [0.1, 0.15) is 0 Å². The maximum atomic E-state index is 11.8. The summed E-state index contributed by atoms with van der Waals surface area (Å²) < 4.78 is 5.54. The lowest BCUT2D eigenvalue weighted by atomic mass is 10.1. The van der Waals surface area contributed by atoms with Crippen LogP contribution in [0.1, 0.15) is 35.2 Å². The second-order valence-corrected chi connectivity index (χ2v) is 4.97. The largest absolute Gasteiger partial charge is 0.478 e. The van der Waals surface area contributed by atoms with Crippen LogP contribution in [0.4, 0.5) is 0 Å². The highest BCUT2D eigenvalue weighted by molar-refractivity contribution is 5.88. The van der Waals surface area contributed by atoms with Crippen molar-refractivity contribution in [3.05, 3.63) is 35.4 Å². The van der Waals surface area contributed by atoms with E-state index >= 15 is 0 Å². The van der Waals surface area contributed by atoms with Gasteiger partial charge in [0.2, 0.25) is 5.91 Å². The lowest BCUT2D eigenvalue weighted by Gasteiger charge is -2.22. The Balaban J connectivity index is 1.81. The van der Waals surface area contributed by atoms with Gasteiger partial charge in [0, 0.05) is 13.2 Å². The van der Waals surface area contributed by atoms with Crippen molar-refractivity contribution in [1.82, 2.24) is 5.32 Å². The molecule has 1 aliphatic heterocycles. The second kappa shape index (κ2) is 7.05. The standard InChI is InChI=1S/C15H19NO4/c17-14(16-10-13-6-1-2-7-20-13)9-11-4-3-5-12(8-11)15(18)19/h3-5,8,13H,1-2,6-7,9-10H2,(H,16,17)(H,18,19). The van der Waals surface area contributed by atoms with Crippen molar-refractivity contribution in [2.75, 3.05) is 13.2 Å². The van der Waals surface area contributed by atoms with E-state index in [4.69, 9.17) is 9.84 Å². The summed E-state index contributed by atoms with van der Waals surface area (Å²) in [5.74, 6) is -1.09. The summed E-state index contributed by atoms with van der Waals surface area (Å²) in [6, 6.07) is 6.44. The lowest BCUT2D eigenvalue weighted by molar-refractivity contribution is -0.121. The van der Waals surface area contributed by atoms with Gasteiger partial charge in [-0.2, -0.15) is 0 Å². The number of hydrogen-bond acceptors (Lipinski definition) is 3. The molecule has 1 unspecified atom stereocenters. The average Bonchev–Trinajstić information content (AvgIpc) is 2.46. The summed E-state index contributed by atoms with van der Waals surface area (Å²) in [5.41, 5.74) is 0.901. The van der Waals surface area contributed by atoms with E-state index in [9.17, 15) is 9.59 Å². The Labute approximate surface area is 117 Å². The Hall–Kier alpha value is -1.88. The molecule has 1 aromatic rings. The molecule has 2 N–H and O–H groups in total. The molecular weight excluding hydrogens is 258 g/mol. The minimum Gasteiger partial charge on any atom is -0.478 e. The van der Waals surface area contributed by atoms with Gasteiger partial charge in [-0.3, -0.25) is 4.79 Å². The first kappa shape index (κ1) is 14.5. The minimum absolute atomic E-state index is 0.109. The molecule has 0 aromatic heterocycles. The van der Waals surface area contributed by atoms with Gasteiger partial charge in [-0.25, -0.2) is 4.79 Å². The first-order chi connectivity index (χ1) is 9.65. The molecule has 1 aromatic carbocycles. The van der Waals surface area contributed by atoms with Gasteiger partial charge in [-0.1, -0.05) is 12.1 Å². The smallest absolute Gasteiger partial charge is 0.335 e. The summed E-state index contributed by atoms with van der Waals surface area (Å²) in [5, 5.41) is 11.7. The van der Waals surface area contributed by atoms with E-state index in [0.29, 0.717) is 12.1 Å². The molecule has 0 bridgehead atoms. The summed E-state index contributed by atoms with van der Waals surface area (Å²) in [6.45, 7) is 1.29. The molecule has 20 heavy (non-hydrogen) atoms. The summed E-state index contributed by atoms with van der Waals surface area (Å²) >= 11 is 0. The maximum absolute atomic E-state index is 11.8. The molecule has 5 heteroatoms. The van der Waals surface area contributed by atoms with E-state index in [1.807, 2.05) is 0 Å². The molecule has 0 radical (unpaired) electrons. The predicted octanol–water partition coefficient (Wildman–Crippen LogP) is 1.61. The Bertz CT molecular complexity index is 481. The van der Waals surface area contributed by atoms with E-state index in [2.05, 4.69) is 5.32 Å². The molecule has 1 amide bonds. The van der Waals surface area contributed by atoms with Gasteiger partial charge in [-0.05, 0) is 37.0 Å². The van der Waals surface area contributed by atoms with Crippen LogP contribution in [-0.4, -0.2) is 36.2 Å². The van der Waals surface area contributed by atoms with Crippen LogP contribution >= 0.6 is 0 Å². The van der Waals surface area contributed by atoms with E-state index in [1.54, 1.807) is 12.1 Å². The number of ether oxygens (including phenoxy) is 1. The van der Waals surface area contributed by atoms with E-state index < -0.39 is 5.97 Å². The number of benzene rings is 1. The topological polar surface area (TPSA) is 75.6 Å². The normalized spacial score (nSPS) is 18.5. The number of aromatic carboxylic acids is 1. The van der Waals surface area contributed by atoms with Crippen molar-refractivity contribution >= 4 is 11.9 Å². The van der Waals surface area contributed by atoms with Crippen molar-refractivity contribution in [2.24, 2.45) is 0 Å². The van der Waals surface area contributed by atoms with Crippen molar-refractivity contribution < 1.29 is 19.4 Å². The van der Waals surface area contributed by atoms with Gasteiger partial charge in [0.05, 0.1) is 18.1 Å². The number of carboxylic acid groups (broad SMARTS) is 1. The van der Waals surface area contributed by atoms with Crippen molar-refractivity contribution in [2.45, 2.75) is 31.8 Å². The molecule has 0 spiro atoms. The zero-order valence-corrected chi connectivity index (χ0v) is 11.3. The third-order valence-electron chi connectivity index (χ3n) is 3.34. The Kier molecular flexibility index (Phi) is 5.12. The predicted molar refractivity (Wildman–Crippen MR) is 73.7 cm³/mol. The van der Waals surface area contributed by atoms with Crippen LogP contribution in [0, 0.1) is 0 Å². The van der Waals surface area contributed by atoms with Crippen LogP contribution in [0.25, 0.3) is 0 Å².